The molecule has 0 atom stereocenters. The molecule has 0 aliphatic carbocycles. The number of benzene rings is 1. The monoisotopic (exact) mass is 395 g/mol. The Morgan fingerprint density at radius 1 is 1.33 bits per heavy atom. The van der Waals surface area contributed by atoms with Gasteiger partial charge in [0.1, 0.15) is 5.69 Å². The summed E-state index contributed by atoms with van der Waals surface area (Å²) in [7, 11) is -3.76. The maximum Gasteiger partial charge on any atom is 0.366 e. The van der Waals surface area contributed by atoms with Crippen molar-refractivity contribution >= 4 is 21.6 Å². The predicted molar refractivity (Wildman–Crippen MR) is 96.2 cm³/mol. The molecular formula is C18H19F2N3O3S. The van der Waals surface area contributed by atoms with Crippen LogP contribution in [0, 0.1) is 6.92 Å². The number of aryl methyl sites for hydroxylation is 1. The highest BCUT2D eigenvalue weighted by atomic mass is 32.2. The number of halogens is 2. The molecule has 6 nitrogen and oxygen atoms in total. The second-order valence-electron chi connectivity index (χ2n) is 6.24. The van der Waals surface area contributed by atoms with E-state index in [0.29, 0.717) is 12.0 Å². The Morgan fingerprint density at radius 2 is 2.07 bits per heavy atom. The van der Waals surface area contributed by atoms with E-state index >= 15 is 0 Å². The zero-order valence-electron chi connectivity index (χ0n) is 14.9. The Balaban J connectivity index is 2.00. The number of hydrogen-bond donors (Lipinski definition) is 1. The van der Waals surface area contributed by atoms with E-state index in [1.165, 1.54) is 37.4 Å². The molecule has 0 saturated carbocycles. The molecule has 1 N–H and O–H groups in total. The number of nitrogens with one attached hydrogen (secondary N) is 1. The number of aromatic nitrogens is 1. The highest BCUT2D eigenvalue weighted by Crippen LogP contribution is 2.37. The van der Waals surface area contributed by atoms with Crippen LogP contribution in [0.1, 0.15) is 23.7 Å². The van der Waals surface area contributed by atoms with Gasteiger partial charge in [0.05, 0.1) is 4.90 Å². The van der Waals surface area contributed by atoms with Crippen molar-refractivity contribution < 1.29 is 22.0 Å². The largest absolute Gasteiger partial charge is 0.366 e. The molecule has 0 radical (unpaired) electrons. The third-order valence-corrected chi connectivity index (χ3v) is 5.96. The molecule has 9 heteroatoms. The Labute approximate surface area is 156 Å². The minimum absolute atomic E-state index is 0.0559. The number of hydrogen-bond acceptors (Lipinski definition) is 4. The molecule has 1 aliphatic rings. The summed E-state index contributed by atoms with van der Waals surface area (Å²) in [5, 5.41) is 0. The number of nitrogens with zero attached hydrogens (tertiary/aromatic N) is 2. The molecule has 1 aromatic carbocycles. The Bertz CT molecular complexity index is 993. The lowest BCUT2D eigenvalue weighted by Gasteiger charge is -2.24. The highest BCUT2D eigenvalue weighted by Gasteiger charge is 2.48. The van der Waals surface area contributed by atoms with Crippen LogP contribution in [0.25, 0.3) is 0 Å². The number of rotatable bonds is 5. The van der Waals surface area contributed by atoms with Crippen molar-refractivity contribution in [3.8, 4) is 0 Å². The van der Waals surface area contributed by atoms with Crippen LogP contribution in [0.4, 0.5) is 14.5 Å². The maximum absolute atomic E-state index is 14.8. The fourth-order valence-electron chi connectivity index (χ4n) is 3.10. The summed E-state index contributed by atoms with van der Waals surface area (Å²) < 4.78 is 56.4. The maximum atomic E-state index is 14.8. The van der Waals surface area contributed by atoms with E-state index in [1.807, 2.05) is 0 Å². The topological polar surface area (TPSA) is 79.4 Å². The third-order valence-electron chi connectivity index (χ3n) is 4.42. The molecule has 1 aromatic heterocycles. The highest BCUT2D eigenvalue weighted by molar-refractivity contribution is 7.89. The first kappa shape index (κ1) is 19.4. The minimum atomic E-state index is -3.82. The number of anilines is 1. The van der Waals surface area contributed by atoms with Crippen molar-refractivity contribution in [1.29, 1.82) is 0 Å². The van der Waals surface area contributed by atoms with E-state index in [4.69, 9.17) is 0 Å². The number of pyridine rings is 1. The summed E-state index contributed by atoms with van der Waals surface area (Å²) in [6.07, 6.45) is 1.59. The molecule has 0 bridgehead atoms. The fraction of sp³-hybridized carbons (Fsp3) is 0.333. The van der Waals surface area contributed by atoms with Crippen molar-refractivity contribution in [1.82, 2.24) is 9.71 Å². The summed E-state index contributed by atoms with van der Waals surface area (Å²) in [6, 6.07) is 7.20. The van der Waals surface area contributed by atoms with Gasteiger partial charge in [-0.1, -0.05) is 19.1 Å². The van der Waals surface area contributed by atoms with Crippen LogP contribution in [-0.4, -0.2) is 32.4 Å². The average molecular weight is 395 g/mol. The van der Waals surface area contributed by atoms with Crippen LogP contribution >= 0.6 is 0 Å². The summed E-state index contributed by atoms with van der Waals surface area (Å²) in [4.78, 5) is 17.2. The normalized spacial score (nSPS) is 14.3. The molecule has 0 spiro atoms. The summed E-state index contributed by atoms with van der Waals surface area (Å²) in [5.41, 5.74) is 0.443. The number of carbonyl (C=O) groups excluding carboxylic acids is 1. The molecule has 3 rings (SSSR count). The quantitative estimate of drug-likeness (QED) is 0.843. The average Bonchev–Trinajstić information content (AvgIpc) is 3.04. The Hall–Kier alpha value is -2.39. The lowest BCUT2D eigenvalue weighted by Crippen LogP contribution is -2.42. The van der Waals surface area contributed by atoms with Crippen molar-refractivity contribution in [2.75, 3.05) is 18.0 Å². The zero-order chi connectivity index (χ0) is 19.8. The molecule has 0 unspecified atom stereocenters. The summed E-state index contributed by atoms with van der Waals surface area (Å²) in [6.45, 7) is 3.35. The smallest absolute Gasteiger partial charge is 0.306 e. The molecule has 27 heavy (non-hydrogen) atoms. The number of amides is 1. The van der Waals surface area contributed by atoms with Crippen molar-refractivity contribution in [3.63, 3.8) is 0 Å². The molecule has 0 saturated heterocycles. The van der Waals surface area contributed by atoms with E-state index in [1.54, 1.807) is 13.0 Å². The number of alkyl halides is 2. The van der Waals surface area contributed by atoms with Gasteiger partial charge in [-0.05, 0) is 42.7 Å². The van der Waals surface area contributed by atoms with Crippen LogP contribution < -0.4 is 9.62 Å². The second kappa shape index (κ2) is 6.97. The van der Waals surface area contributed by atoms with Gasteiger partial charge in [-0.25, -0.2) is 13.1 Å². The van der Waals surface area contributed by atoms with Crippen LogP contribution in [0.5, 0.6) is 0 Å². The first-order valence-corrected chi connectivity index (χ1v) is 9.91. The predicted octanol–water partition coefficient (Wildman–Crippen LogP) is 2.37. The van der Waals surface area contributed by atoms with Crippen LogP contribution in [-0.2, 0) is 27.2 Å². The molecule has 0 fully saturated rings. The van der Waals surface area contributed by atoms with E-state index < -0.39 is 27.5 Å². The standard InChI is InChI=1S/C18H19F2N3O3S/c1-3-22-27(25,26)14-7-6-13-8-10-23(15(13)11-14)17(24)18(19,20)16-12(2)5-4-9-21-16/h4-7,9,11,22H,3,8,10H2,1-2H3. The fourth-order valence-corrected chi connectivity index (χ4v) is 4.16. The first-order chi connectivity index (χ1) is 12.7. The third kappa shape index (κ3) is 3.44. The molecule has 144 valence electrons. The van der Waals surface area contributed by atoms with Gasteiger partial charge in [-0.2, -0.15) is 8.78 Å². The molecule has 2 heterocycles. The SMILES string of the molecule is CCNS(=O)(=O)c1ccc2c(c1)N(C(=O)C(F)(F)c1ncccc1C)CC2. The van der Waals surface area contributed by atoms with Gasteiger partial charge in [0.25, 0.3) is 0 Å². The first-order valence-electron chi connectivity index (χ1n) is 8.43. The van der Waals surface area contributed by atoms with Crippen LogP contribution in [0.3, 0.4) is 0 Å². The van der Waals surface area contributed by atoms with Crippen molar-refractivity contribution in [3.05, 3.63) is 53.3 Å². The number of sulfonamides is 1. The van der Waals surface area contributed by atoms with Crippen molar-refractivity contribution in [2.45, 2.75) is 31.1 Å². The zero-order valence-corrected chi connectivity index (χ0v) is 15.7. The molecule has 1 amide bonds. The summed E-state index contributed by atoms with van der Waals surface area (Å²) >= 11 is 0. The second-order valence-corrected chi connectivity index (χ2v) is 8.01. The molecule has 2 aromatic rings. The number of carbonyl (C=O) groups is 1. The van der Waals surface area contributed by atoms with E-state index in [2.05, 4.69) is 9.71 Å². The van der Waals surface area contributed by atoms with Gasteiger partial charge >= 0.3 is 11.8 Å². The Morgan fingerprint density at radius 3 is 2.74 bits per heavy atom. The van der Waals surface area contributed by atoms with Gasteiger partial charge in [0.2, 0.25) is 10.0 Å². The van der Waals surface area contributed by atoms with Crippen LogP contribution in [0.15, 0.2) is 41.4 Å². The van der Waals surface area contributed by atoms with Gasteiger partial charge in [0.15, 0.2) is 0 Å². The summed E-state index contributed by atoms with van der Waals surface area (Å²) in [5.74, 6) is -5.23. The van der Waals surface area contributed by atoms with E-state index in [-0.39, 0.29) is 29.2 Å². The molecule has 1 aliphatic heterocycles. The minimum Gasteiger partial charge on any atom is -0.306 e. The van der Waals surface area contributed by atoms with Gasteiger partial charge in [0, 0.05) is 25.0 Å². The van der Waals surface area contributed by atoms with Crippen molar-refractivity contribution in [2.24, 2.45) is 0 Å². The Kier molecular flexibility index (Phi) is 5.00. The lowest BCUT2D eigenvalue weighted by atomic mass is 10.1. The van der Waals surface area contributed by atoms with Crippen LogP contribution in [0.2, 0.25) is 0 Å². The van der Waals surface area contributed by atoms with E-state index in [0.717, 1.165) is 4.90 Å². The van der Waals surface area contributed by atoms with Gasteiger partial charge in [-0.15, -0.1) is 0 Å². The number of fused-ring (bicyclic) bond motifs is 1. The van der Waals surface area contributed by atoms with Gasteiger partial charge < -0.3 is 4.90 Å². The van der Waals surface area contributed by atoms with Gasteiger partial charge in [-0.3, -0.25) is 9.78 Å². The van der Waals surface area contributed by atoms with E-state index in [9.17, 15) is 22.0 Å². The lowest BCUT2D eigenvalue weighted by molar-refractivity contribution is -0.144. The molecular weight excluding hydrogens is 376 g/mol.